The number of hydrogen-bond donors (Lipinski definition) is 2. The standard InChI is InChI=1S/C13H24N2O3S/c1-13(2,3)8-10(11(16)17)9-14-12(18)15-4-6-19-7-5-15/h10H,4-9H2,1-3H3,(H,14,18)(H,16,17). The summed E-state index contributed by atoms with van der Waals surface area (Å²) in [5.41, 5.74) is -0.0600. The minimum absolute atomic E-state index is 0.0600. The van der Waals surface area contributed by atoms with Gasteiger partial charge < -0.3 is 15.3 Å². The summed E-state index contributed by atoms with van der Waals surface area (Å²) in [6.45, 7) is 7.71. The van der Waals surface area contributed by atoms with Gasteiger partial charge in [0.05, 0.1) is 5.92 Å². The molecule has 5 nitrogen and oxygen atoms in total. The third kappa shape index (κ3) is 6.18. The Morgan fingerprint density at radius 3 is 2.37 bits per heavy atom. The summed E-state index contributed by atoms with van der Waals surface area (Å²) in [5, 5.41) is 11.9. The Morgan fingerprint density at radius 2 is 1.89 bits per heavy atom. The average molecular weight is 288 g/mol. The largest absolute Gasteiger partial charge is 0.481 e. The van der Waals surface area contributed by atoms with Crippen LogP contribution in [-0.4, -0.2) is 53.1 Å². The van der Waals surface area contributed by atoms with Crippen molar-refractivity contribution in [1.82, 2.24) is 10.2 Å². The fourth-order valence-electron chi connectivity index (χ4n) is 2.07. The van der Waals surface area contributed by atoms with E-state index in [-0.39, 0.29) is 18.0 Å². The van der Waals surface area contributed by atoms with Gasteiger partial charge in [0.2, 0.25) is 0 Å². The number of carboxylic acids is 1. The van der Waals surface area contributed by atoms with Gasteiger partial charge in [0.25, 0.3) is 0 Å². The maximum Gasteiger partial charge on any atom is 0.317 e. The Kier molecular flexibility index (Phi) is 5.97. The Morgan fingerprint density at radius 1 is 1.32 bits per heavy atom. The summed E-state index contributed by atoms with van der Waals surface area (Å²) in [6, 6.07) is -0.138. The number of carbonyl (C=O) groups excluding carboxylic acids is 1. The molecule has 0 bridgehead atoms. The smallest absolute Gasteiger partial charge is 0.317 e. The van der Waals surface area contributed by atoms with Gasteiger partial charge in [-0.3, -0.25) is 4.79 Å². The van der Waals surface area contributed by atoms with Crippen LogP contribution in [0.1, 0.15) is 27.2 Å². The van der Waals surface area contributed by atoms with E-state index in [4.69, 9.17) is 0 Å². The summed E-state index contributed by atoms with van der Waals surface area (Å²) >= 11 is 1.84. The van der Waals surface area contributed by atoms with Crippen molar-refractivity contribution in [2.45, 2.75) is 27.2 Å². The van der Waals surface area contributed by atoms with Gasteiger partial charge in [-0.15, -0.1) is 0 Å². The Bertz CT molecular complexity index is 322. The monoisotopic (exact) mass is 288 g/mol. The van der Waals surface area contributed by atoms with Gasteiger partial charge >= 0.3 is 12.0 Å². The maximum atomic E-state index is 11.9. The predicted molar refractivity (Wildman–Crippen MR) is 77.5 cm³/mol. The molecule has 1 heterocycles. The van der Waals surface area contributed by atoms with Crippen molar-refractivity contribution in [3.8, 4) is 0 Å². The number of carbonyl (C=O) groups is 2. The van der Waals surface area contributed by atoms with Gasteiger partial charge in [-0.05, 0) is 11.8 Å². The molecule has 0 aromatic heterocycles. The molecule has 1 aliphatic heterocycles. The lowest BCUT2D eigenvalue weighted by molar-refractivity contribution is -0.142. The molecule has 19 heavy (non-hydrogen) atoms. The lowest BCUT2D eigenvalue weighted by Gasteiger charge is -2.28. The molecule has 0 saturated carbocycles. The van der Waals surface area contributed by atoms with Crippen LogP contribution in [0.2, 0.25) is 0 Å². The van der Waals surface area contributed by atoms with Crippen LogP contribution in [0.15, 0.2) is 0 Å². The summed E-state index contributed by atoms with van der Waals surface area (Å²) in [4.78, 5) is 24.9. The van der Waals surface area contributed by atoms with Gasteiger partial charge in [0, 0.05) is 31.1 Å². The van der Waals surface area contributed by atoms with E-state index in [1.165, 1.54) is 0 Å². The summed E-state index contributed by atoms with van der Waals surface area (Å²) < 4.78 is 0. The Labute approximate surface area is 119 Å². The number of nitrogens with one attached hydrogen (secondary N) is 1. The molecule has 1 saturated heterocycles. The molecule has 0 spiro atoms. The predicted octanol–water partition coefficient (Wildman–Crippen LogP) is 1.88. The van der Waals surface area contributed by atoms with Crippen molar-refractivity contribution in [3.63, 3.8) is 0 Å². The van der Waals surface area contributed by atoms with E-state index in [0.29, 0.717) is 6.42 Å². The van der Waals surface area contributed by atoms with Crippen LogP contribution in [0.5, 0.6) is 0 Å². The fraction of sp³-hybridized carbons (Fsp3) is 0.846. The van der Waals surface area contributed by atoms with Crippen molar-refractivity contribution in [1.29, 1.82) is 0 Å². The van der Waals surface area contributed by atoms with Gasteiger partial charge in [0.1, 0.15) is 0 Å². The van der Waals surface area contributed by atoms with Crippen molar-refractivity contribution in [2.24, 2.45) is 11.3 Å². The van der Waals surface area contributed by atoms with Crippen molar-refractivity contribution < 1.29 is 14.7 Å². The third-order valence-electron chi connectivity index (χ3n) is 3.01. The zero-order valence-electron chi connectivity index (χ0n) is 11.9. The van der Waals surface area contributed by atoms with Crippen molar-refractivity contribution >= 4 is 23.8 Å². The van der Waals surface area contributed by atoms with E-state index in [0.717, 1.165) is 24.6 Å². The van der Waals surface area contributed by atoms with Crippen LogP contribution in [0.3, 0.4) is 0 Å². The van der Waals surface area contributed by atoms with Crippen molar-refractivity contribution in [2.75, 3.05) is 31.1 Å². The highest BCUT2D eigenvalue weighted by molar-refractivity contribution is 7.99. The number of carboxylic acid groups (broad SMARTS) is 1. The molecule has 1 unspecified atom stereocenters. The number of hydrogen-bond acceptors (Lipinski definition) is 3. The molecule has 2 N–H and O–H groups in total. The third-order valence-corrected chi connectivity index (χ3v) is 3.95. The molecule has 1 atom stereocenters. The first-order valence-electron chi connectivity index (χ1n) is 6.63. The highest BCUT2D eigenvalue weighted by atomic mass is 32.2. The minimum atomic E-state index is -0.843. The molecule has 1 aliphatic rings. The second kappa shape index (κ2) is 7.03. The number of thioether (sulfide) groups is 1. The number of nitrogens with zero attached hydrogens (tertiary/aromatic N) is 1. The second-order valence-electron chi connectivity index (χ2n) is 6.09. The molecule has 0 aliphatic carbocycles. The molecule has 0 aromatic carbocycles. The second-order valence-corrected chi connectivity index (χ2v) is 7.31. The van der Waals surface area contributed by atoms with E-state index in [1.54, 1.807) is 4.90 Å². The lowest BCUT2D eigenvalue weighted by Crippen LogP contribution is -2.46. The first kappa shape index (κ1) is 16.1. The van der Waals surface area contributed by atoms with Gasteiger partial charge in [-0.2, -0.15) is 11.8 Å². The fourth-order valence-corrected chi connectivity index (χ4v) is 2.98. The lowest BCUT2D eigenvalue weighted by atomic mass is 9.84. The minimum Gasteiger partial charge on any atom is -0.481 e. The molecular formula is C13H24N2O3S. The molecule has 0 aromatic rings. The Balaban J connectivity index is 2.42. The van der Waals surface area contributed by atoms with E-state index >= 15 is 0 Å². The van der Waals surface area contributed by atoms with Crippen LogP contribution in [0.4, 0.5) is 4.79 Å². The number of aliphatic carboxylic acids is 1. The van der Waals surface area contributed by atoms with E-state index in [2.05, 4.69) is 5.32 Å². The Hall–Kier alpha value is -0.910. The van der Waals surface area contributed by atoms with E-state index in [1.807, 2.05) is 32.5 Å². The van der Waals surface area contributed by atoms with E-state index < -0.39 is 11.9 Å². The molecule has 0 radical (unpaired) electrons. The highest BCUT2D eigenvalue weighted by Gasteiger charge is 2.26. The number of amides is 2. The normalized spacial score (nSPS) is 17.9. The highest BCUT2D eigenvalue weighted by Crippen LogP contribution is 2.24. The van der Waals surface area contributed by atoms with Crippen LogP contribution in [-0.2, 0) is 4.79 Å². The molecule has 6 heteroatoms. The van der Waals surface area contributed by atoms with Crippen molar-refractivity contribution in [3.05, 3.63) is 0 Å². The van der Waals surface area contributed by atoms with Crippen LogP contribution in [0, 0.1) is 11.3 Å². The first-order valence-corrected chi connectivity index (χ1v) is 7.78. The molecule has 2 amide bonds. The zero-order chi connectivity index (χ0) is 14.5. The summed E-state index contributed by atoms with van der Waals surface area (Å²) in [7, 11) is 0. The SMILES string of the molecule is CC(C)(C)CC(CNC(=O)N1CCSCC1)C(=O)O. The molecule has 1 rings (SSSR count). The van der Waals surface area contributed by atoms with Gasteiger partial charge in [-0.1, -0.05) is 20.8 Å². The first-order chi connectivity index (χ1) is 8.79. The maximum absolute atomic E-state index is 11.9. The topological polar surface area (TPSA) is 69.6 Å². The quantitative estimate of drug-likeness (QED) is 0.828. The summed E-state index contributed by atoms with van der Waals surface area (Å²) in [6.07, 6.45) is 0.554. The number of rotatable bonds is 4. The average Bonchev–Trinajstić information content (AvgIpc) is 2.33. The molecule has 1 fully saturated rings. The van der Waals surface area contributed by atoms with Crippen LogP contribution >= 0.6 is 11.8 Å². The molecule has 110 valence electrons. The summed E-state index contributed by atoms with van der Waals surface area (Å²) in [5.74, 6) is 0.544. The van der Waals surface area contributed by atoms with Crippen LogP contribution in [0.25, 0.3) is 0 Å². The number of urea groups is 1. The van der Waals surface area contributed by atoms with Crippen LogP contribution < -0.4 is 5.32 Å². The van der Waals surface area contributed by atoms with Gasteiger partial charge in [0.15, 0.2) is 0 Å². The van der Waals surface area contributed by atoms with E-state index in [9.17, 15) is 14.7 Å². The van der Waals surface area contributed by atoms with Gasteiger partial charge in [-0.25, -0.2) is 4.79 Å². The zero-order valence-corrected chi connectivity index (χ0v) is 12.8. The molecular weight excluding hydrogens is 264 g/mol.